The van der Waals surface area contributed by atoms with Gasteiger partial charge in [-0.15, -0.1) is 0 Å². The maximum Gasteiger partial charge on any atom is 0.238 e. The number of amides is 1. The van der Waals surface area contributed by atoms with Crippen LogP contribution in [-0.4, -0.2) is 79.8 Å². The molecule has 0 spiro atoms. The molecule has 1 amide bonds. The van der Waals surface area contributed by atoms with E-state index in [1.54, 1.807) is 0 Å². The fourth-order valence-electron chi connectivity index (χ4n) is 4.75. The number of piperidine rings is 1. The first-order valence-corrected chi connectivity index (χ1v) is 11.1. The highest BCUT2D eigenvalue weighted by molar-refractivity contribution is 5.82. The number of rotatable bonds is 7. The molecule has 2 saturated heterocycles. The molecule has 28 heavy (non-hydrogen) atoms. The minimum atomic E-state index is -0.753. The standard InChI is InChI=1S/C21H37N5O2/c22-17-21(24-20(27)19(23)16-18-4-2-1-3-5-18)6-8-25(9-7-21)10-11-26-12-14-28-15-13-26/h18-19H,1-16,23H2,(H,24,27). The number of likely N-dealkylation sites (tertiary alicyclic amines) is 1. The number of morpholine rings is 1. The van der Waals surface area contributed by atoms with Crippen LogP contribution in [0.25, 0.3) is 0 Å². The molecule has 3 rings (SSSR count). The van der Waals surface area contributed by atoms with Crippen LogP contribution in [0.3, 0.4) is 0 Å². The third-order valence-electron chi connectivity index (χ3n) is 6.77. The summed E-state index contributed by atoms with van der Waals surface area (Å²) in [4.78, 5) is 17.5. The van der Waals surface area contributed by atoms with Crippen molar-refractivity contribution in [1.29, 1.82) is 5.26 Å². The lowest BCUT2D eigenvalue weighted by Gasteiger charge is -2.39. The van der Waals surface area contributed by atoms with Crippen molar-refractivity contribution in [3.63, 3.8) is 0 Å². The summed E-state index contributed by atoms with van der Waals surface area (Å²) >= 11 is 0. The van der Waals surface area contributed by atoms with Gasteiger partial charge in [-0.1, -0.05) is 32.1 Å². The average Bonchev–Trinajstić information content (AvgIpc) is 2.74. The molecule has 3 aliphatic rings. The molecular formula is C21H37N5O2. The molecule has 1 saturated carbocycles. The predicted molar refractivity (Wildman–Crippen MR) is 109 cm³/mol. The average molecular weight is 392 g/mol. The first kappa shape index (κ1) is 21.5. The highest BCUT2D eigenvalue weighted by Crippen LogP contribution is 2.27. The molecule has 2 aliphatic heterocycles. The Hall–Kier alpha value is -1.20. The SMILES string of the molecule is N#CC1(NC(=O)C(N)CC2CCCCC2)CCN(CCN2CCOCC2)CC1. The molecule has 0 aromatic rings. The van der Waals surface area contributed by atoms with Crippen LogP contribution in [0.1, 0.15) is 51.4 Å². The van der Waals surface area contributed by atoms with Crippen molar-refractivity contribution in [2.75, 3.05) is 52.5 Å². The van der Waals surface area contributed by atoms with Crippen LogP contribution in [0.5, 0.6) is 0 Å². The number of carbonyl (C=O) groups is 1. The molecule has 3 N–H and O–H groups in total. The molecule has 0 aromatic heterocycles. The molecule has 1 atom stereocenters. The zero-order valence-corrected chi connectivity index (χ0v) is 17.2. The second-order valence-electron chi connectivity index (χ2n) is 8.83. The van der Waals surface area contributed by atoms with Crippen LogP contribution in [-0.2, 0) is 9.53 Å². The van der Waals surface area contributed by atoms with Gasteiger partial charge in [0.2, 0.25) is 5.91 Å². The first-order chi connectivity index (χ1) is 13.6. The van der Waals surface area contributed by atoms with Gasteiger partial charge in [-0.05, 0) is 25.2 Å². The second-order valence-corrected chi connectivity index (χ2v) is 8.83. The van der Waals surface area contributed by atoms with E-state index in [1.165, 1.54) is 32.1 Å². The quantitative estimate of drug-likeness (QED) is 0.675. The smallest absolute Gasteiger partial charge is 0.238 e. The third kappa shape index (κ3) is 6.15. The molecule has 0 aromatic carbocycles. The van der Waals surface area contributed by atoms with E-state index in [4.69, 9.17) is 10.5 Å². The van der Waals surface area contributed by atoms with E-state index >= 15 is 0 Å². The summed E-state index contributed by atoms with van der Waals surface area (Å²) < 4.78 is 5.40. The summed E-state index contributed by atoms with van der Waals surface area (Å²) in [5.41, 5.74) is 5.44. The van der Waals surface area contributed by atoms with Crippen molar-refractivity contribution in [2.45, 2.75) is 62.9 Å². The summed E-state index contributed by atoms with van der Waals surface area (Å²) in [6.07, 6.45) is 8.27. The van der Waals surface area contributed by atoms with Crippen LogP contribution >= 0.6 is 0 Å². The Morgan fingerprint density at radius 1 is 1.11 bits per heavy atom. The molecule has 0 radical (unpaired) electrons. The number of carbonyl (C=O) groups excluding carboxylic acids is 1. The summed E-state index contributed by atoms with van der Waals surface area (Å²) in [5.74, 6) is 0.420. The van der Waals surface area contributed by atoms with Crippen molar-refractivity contribution < 1.29 is 9.53 Å². The molecular weight excluding hydrogens is 354 g/mol. The van der Waals surface area contributed by atoms with Crippen LogP contribution in [0.4, 0.5) is 0 Å². The number of nitrogens with one attached hydrogen (secondary N) is 1. The van der Waals surface area contributed by atoms with Crippen molar-refractivity contribution in [3.8, 4) is 6.07 Å². The van der Waals surface area contributed by atoms with Gasteiger partial charge in [0.15, 0.2) is 0 Å². The van der Waals surface area contributed by atoms with Gasteiger partial charge in [0.25, 0.3) is 0 Å². The Bertz CT molecular complexity index is 529. The molecule has 158 valence electrons. The largest absolute Gasteiger partial charge is 0.379 e. The molecule has 1 unspecified atom stereocenters. The molecule has 1 aliphatic carbocycles. The van der Waals surface area contributed by atoms with E-state index in [0.717, 1.165) is 58.9 Å². The summed E-state index contributed by atoms with van der Waals surface area (Å²) in [7, 11) is 0. The van der Waals surface area contributed by atoms with Crippen molar-refractivity contribution >= 4 is 5.91 Å². The number of nitrogens with zero attached hydrogens (tertiary/aromatic N) is 3. The van der Waals surface area contributed by atoms with Gasteiger partial charge in [0.05, 0.1) is 25.3 Å². The van der Waals surface area contributed by atoms with Crippen LogP contribution in [0.2, 0.25) is 0 Å². The summed E-state index contributed by atoms with van der Waals surface area (Å²) in [5, 5.41) is 12.8. The maximum atomic E-state index is 12.6. The van der Waals surface area contributed by atoms with E-state index < -0.39 is 11.6 Å². The van der Waals surface area contributed by atoms with Gasteiger partial charge in [-0.2, -0.15) is 5.26 Å². The highest BCUT2D eigenvalue weighted by atomic mass is 16.5. The monoisotopic (exact) mass is 391 g/mol. The van der Waals surface area contributed by atoms with Gasteiger partial charge in [0, 0.05) is 39.3 Å². The highest BCUT2D eigenvalue weighted by Gasteiger charge is 2.37. The zero-order chi connectivity index (χ0) is 19.8. The van der Waals surface area contributed by atoms with E-state index in [-0.39, 0.29) is 5.91 Å². The number of nitrogens with two attached hydrogens (primary N) is 1. The number of ether oxygens (including phenoxy) is 1. The number of hydrogen-bond acceptors (Lipinski definition) is 6. The van der Waals surface area contributed by atoms with Gasteiger partial charge in [-0.25, -0.2) is 0 Å². The van der Waals surface area contributed by atoms with Crippen molar-refractivity contribution in [1.82, 2.24) is 15.1 Å². The summed E-state index contributed by atoms with van der Waals surface area (Å²) in [6, 6.07) is 1.90. The Balaban J connectivity index is 1.41. The molecule has 7 heteroatoms. The van der Waals surface area contributed by atoms with Crippen LogP contribution in [0.15, 0.2) is 0 Å². The van der Waals surface area contributed by atoms with Gasteiger partial charge < -0.3 is 20.7 Å². The molecule has 7 nitrogen and oxygen atoms in total. The minimum absolute atomic E-state index is 0.145. The van der Waals surface area contributed by atoms with Crippen LogP contribution in [0, 0.1) is 17.2 Å². The fraction of sp³-hybridized carbons (Fsp3) is 0.905. The number of nitriles is 1. The Morgan fingerprint density at radius 2 is 1.71 bits per heavy atom. The van der Waals surface area contributed by atoms with Crippen molar-refractivity contribution in [2.24, 2.45) is 11.7 Å². The van der Waals surface area contributed by atoms with Gasteiger partial charge >= 0.3 is 0 Å². The van der Waals surface area contributed by atoms with Crippen molar-refractivity contribution in [3.05, 3.63) is 0 Å². The lowest BCUT2D eigenvalue weighted by molar-refractivity contribution is -0.124. The van der Waals surface area contributed by atoms with E-state index in [9.17, 15) is 10.1 Å². The number of hydrogen-bond donors (Lipinski definition) is 2. The van der Waals surface area contributed by atoms with E-state index in [2.05, 4.69) is 21.2 Å². The topological polar surface area (TPSA) is 94.6 Å². The van der Waals surface area contributed by atoms with Gasteiger partial charge in [-0.3, -0.25) is 9.69 Å². The molecule has 3 fully saturated rings. The Morgan fingerprint density at radius 3 is 2.32 bits per heavy atom. The van der Waals surface area contributed by atoms with Crippen LogP contribution < -0.4 is 11.1 Å². The first-order valence-electron chi connectivity index (χ1n) is 11.1. The Labute approximate surface area is 169 Å². The normalized spacial score (nSPS) is 25.7. The predicted octanol–water partition coefficient (Wildman–Crippen LogP) is 1.09. The van der Waals surface area contributed by atoms with E-state index in [1.807, 2.05) is 0 Å². The zero-order valence-electron chi connectivity index (χ0n) is 17.2. The summed E-state index contributed by atoms with van der Waals surface area (Å²) in [6.45, 7) is 7.40. The lowest BCUT2D eigenvalue weighted by Crippen LogP contribution is -2.58. The second kappa shape index (κ2) is 10.5. The lowest BCUT2D eigenvalue weighted by atomic mass is 9.84. The van der Waals surface area contributed by atoms with E-state index in [0.29, 0.717) is 18.8 Å². The minimum Gasteiger partial charge on any atom is -0.379 e. The van der Waals surface area contributed by atoms with Gasteiger partial charge in [0.1, 0.15) is 5.54 Å². The third-order valence-corrected chi connectivity index (χ3v) is 6.77. The molecule has 2 heterocycles. The molecule has 0 bridgehead atoms. The maximum absolute atomic E-state index is 12.6. The fourth-order valence-corrected chi connectivity index (χ4v) is 4.75. The Kier molecular flexibility index (Phi) is 8.10.